The van der Waals surface area contributed by atoms with E-state index in [4.69, 9.17) is 19.4 Å². The number of aromatic nitrogens is 2. The largest absolute Gasteiger partial charge is 0.486 e. The number of carboxylic acid groups (broad SMARTS) is 1. The van der Waals surface area contributed by atoms with Crippen LogP contribution in [0.3, 0.4) is 0 Å². The lowest BCUT2D eigenvalue weighted by Gasteiger charge is -2.31. The molecule has 33 heavy (non-hydrogen) atoms. The number of carbonyl (C=O) groups is 1. The lowest BCUT2D eigenvalue weighted by atomic mass is 10.0. The Balaban J connectivity index is 1.58. The molecule has 0 unspecified atom stereocenters. The van der Waals surface area contributed by atoms with Crippen LogP contribution >= 0.6 is 0 Å². The Morgan fingerprint density at radius 1 is 0.909 bits per heavy atom. The summed E-state index contributed by atoms with van der Waals surface area (Å²) in [5.74, 6) is 1.12. The molecule has 3 aromatic carbocycles. The third kappa shape index (κ3) is 3.42. The van der Waals surface area contributed by atoms with E-state index in [2.05, 4.69) is 23.1 Å². The molecule has 4 aromatic rings. The van der Waals surface area contributed by atoms with E-state index >= 15 is 0 Å². The van der Waals surface area contributed by atoms with Gasteiger partial charge in [0.05, 0.1) is 16.6 Å². The van der Waals surface area contributed by atoms with Crippen molar-refractivity contribution in [3.63, 3.8) is 0 Å². The minimum absolute atomic E-state index is 0.189. The summed E-state index contributed by atoms with van der Waals surface area (Å²) in [4.78, 5) is 23.6. The van der Waals surface area contributed by atoms with E-state index in [1.165, 1.54) is 5.56 Å². The molecule has 0 amide bonds. The van der Waals surface area contributed by atoms with Crippen LogP contribution < -0.4 is 14.4 Å². The Labute approximate surface area is 190 Å². The highest BCUT2D eigenvalue weighted by molar-refractivity contribution is 5.94. The Hall–Kier alpha value is -4.13. The van der Waals surface area contributed by atoms with Gasteiger partial charge in [0.15, 0.2) is 17.3 Å². The van der Waals surface area contributed by atoms with E-state index in [0.717, 1.165) is 42.1 Å². The van der Waals surface area contributed by atoms with Crippen LogP contribution in [0.25, 0.3) is 22.3 Å². The van der Waals surface area contributed by atoms with Crippen LogP contribution in [0.2, 0.25) is 0 Å². The summed E-state index contributed by atoms with van der Waals surface area (Å²) < 4.78 is 11.5. The Kier molecular flexibility index (Phi) is 4.61. The van der Waals surface area contributed by atoms with Crippen LogP contribution in [0, 0.1) is 0 Å². The number of hydrogen-bond acceptors (Lipinski definition) is 6. The minimum Gasteiger partial charge on any atom is -0.486 e. The summed E-state index contributed by atoms with van der Waals surface area (Å²) in [5.41, 5.74) is 5.33. The lowest BCUT2D eigenvalue weighted by molar-refractivity contribution is 0.0697. The van der Waals surface area contributed by atoms with Gasteiger partial charge in [-0.3, -0.25) is 0 Å². The van der Waals surface area contributed by atoms with E-state index in [9.17, 15) is 9.90 Å². The number of anilines is 2. The molecule has 1 aromatic heterocycles. The van der Waals surface area contributed by atoms with Crippen LogP contribution in [-0.2, 0) is 6.42 Å². The first-order valence-corrected chi connectivity index (χ1v) is 11.0. The first kappa shape index (κ1) is 19.5. The highest BCUT2D eigenvalue weighted by Gasteiger charge is 2.25. The van der Waals surface area contributed by atoms with Gasteiger partial charge in [0.1, 0.15) is 18.9 Å². The molecule has 0 bridgehead atoms. The third-order valence-electron chi connectivity index (χ3n) is 6.07. The molecule has 0 aliphatic carbocycles. The van der Waals surface area contributed by atoms with Crippen molar-refractivity contribution < 1.29 is 19.4 Å². The van der Waals surface area contributed by atoms with Gasteiger partial charge in [-0.2, -0.15) is 0 Å². The number of hydrogen-bond donors (Lipinski definition) is 1. The van der Waals surface area contributed by atoms with Gasteiger partial charge in [-0.25, -0.2) is 14.8 Å². The van der Waals surface area contributed by atoms with E-state index in [1.807, 2.05) is 24.3 Å². The van der Waals surface area contributed by atoms with Crippen molar-refractivity contribution in [1.29, 1.82) is 0 Å². The van der Waals surface area contributed by atoms with Gasteiger partial charge in [0.25, 0.3) is 0 Å². The van der Waals surface area contributed by atoms with Crippen molar-refractivity contribution in [3.05, 3.63) is 71.8 Å². The maximum absolute atomic E-state index is 11.5. The van der Waals surface area contributed by atoms with Gasteiger partial charge < -0.3 is 19.5 Å². The summed E-state index contributed by atoms with van der Waals surface area (Å²) >= 11 is 0. The second-order valence-corrected chi connectivity index (χ2v) is 8.15. The monoisotopic (exact) mass is 439 g/mol. The van der Waals surface area contributed by atoms with Gasteiger partial charge in [-0.15, -0.1) is 0 Å². The fourth-order valence-corrected chi connectivity index (χ4v) is 4.50. The molecule has 7 nitrogen and oxygen atoms in total. The quantitative estimate of drug-likeness (QED) is 0.488. The van der Waals surface area contributed by atoms with E-state index in [1.54, 1.807) is 18.2 Å². The molecule has 0 fully saturated rings. The molecule has 0 spiro atoms. The predicted molar refractivity (Wildman–Crippen MR) is 125 cm³/mol. The van der Waals surface area contributed by atoms with E-state index < -0.39 is 5.97 Å². The van der Waals surface area contributed by atoms with Crippen LogP contribution in [0.15, 0.2) is 60.7 Å². The van der Waals surface area contributed by atoms with E-state index in [0.29, 0.717) is 35.8 Å². The molecule has 0 atom stereocenters. The van der Waals surface area contributed by atoms with Crippen LogP contribution in [0.4, 0.5) is 11.5 Å². The molecular formula is C26H21N3O4. The normalized spacial score (nSPS) is 14.7. The Bertz CT molecular complexity index is 1400. The molecule has 2 aliphatic heterocycles. The van der Waals surface area contributed by atoms with Crippen LogP contribution in [0.5, 0.6) is 11.5 Å². The molecule has 0 saturated carbocycles. The number of benzene rings is 3. The average Bonchev–Trinajstić information content (AvgIpc) is 2.87. The zero-order valence-corrected chi connectivity index (χ0v) is 17.8. The van der Waals surface area contributed by atoms with E-state index in [-0.39, 0.29) is 5.56 Å². The summed E-state index contributed by atoms with van der Waals surface area (Å²) in [6.45, 7) is 1.83. The zero-order valence-electron chi connectivity index (χ0n) is 17.8. The van der Waals surface area contributed by atoms with Crippen molar-refractivity contribution in [1.82, 2.24) is 9.97 Å². The number of aromatic carboxylic acids is 1. The van der Waals surface area contributed by atoms with Gasteiger partial charge in [-0.05, 0) is 60.9 Å². The maximum Gasteiger partial charge on any atom is 0.335 e. The third-order valence-corrected chi connectivity index (χ3v) is 6.07. The molecule has 1 N–H and O–H groups in total. The van der Waals surface area contributed by atoms with Gasteiger partial charge in [0, 0.05) is 17.8 Å². The van der Waals surface area contributed by atoms with Gasteiger partial charge in [0.2, 0.25) is 0 Å². The second kappa shape index (κ2) is 7.78. The van der Waals surface area contributed by atoms with Gasteiger partial charge >= 0.3 is 5.97 Å². The first-order chi connectivity index (χ1) is 16.2. The molecule has 0 radical (unpaired) electrons. The summed E-state index contributed by atoms with van der Waals surface area (Å²) in [6, 6.07) is 19.0. The number of carboxylic acids is 1. The topological polar surface area (TPSA) is 84.8 Å². The van der Waals surface area contributed by atoms with Crippen molar-refractivity contribution in [2.45, 2.75) is 12.8 Å². The molecule has 6 rings (SSSR count). The Morgan fingerprint density at radius 3 is 2.64 bits per heavy atom. The summed E-state index contributed by atoms with van der Waals surface area (Å²) in [6.07, 6.45) is 2.00. The van der Waals surface area contributed by atoms with Crippen LogP contribution in [0.1, 0.15) is 22.3 Å². The van der Waals surface area contributed by atoms with Crippen LogP contribution in [-0.4, -0.2) is 40.8 Å². The molecule has 3 heterocycles. The SMILES string of the molecule is O=C(O)c1ccc2nc(-c3ccc4c(c3)OCCO4)c(N3CCCc4ccccc43)nc2c1. The second-order valence-electron chi connectivity index (χ2n) is 8.15. The smallest absolute Gasteiger partial charge is 0.335 e. The van der Waals surface area contributed by atoms with Crippen molar-refractivity contribution in [3.8, 4) is 22.8 Å². The number of para-hydroxylation sites is 1. The fourth-order valence-electron chi connectivity index (χ4n) is 4.50. The lowest BCUT2D eigenvalue weighted by Crippen LogP contribution is -2.26. The summed E-state index contributed by atoms with van der Waals surface area (Å²) in [7, 11) is 0. The van der Waals surface area contributed by atoms with Gasteiger partial charge in [-0.1, -0.05) is 18.2 Å². The standard InChI is InChI=1S/C26H21N3O4/c30-26(31)18-7-9-19-20(14-18)28-25(29-11-3-5-16-4-1-2-6-21(16)29)24(27-19)17-8-10-22-23(15-17)33-13-12-32-22/h1-2,4,6-10,14-15H,3,5,11-13H2,(H,30,31). The number of aryl methyl sites for hydroxylation is 1. The average molecular weight is 439 g/mol. The molecular weight excluding hydrogens is 418 g/mol. The van der Waals surface area contributed by atoms with Crippen molar-refractivity contribution in [2.75, 3.05) is 24.7 Å². The number of nitrogens with zero attached hydrogens (tertiary/aromatic N) is 3. The molecule has 7 heteroatoms. The maximum atomic E-state index is 11.5. The fraction of sp³-hybridized carbons (Fsp3) is 0.192. The highest BCUT2D eigenvalue weighted by atomic mass is 16.6. The summed E-state index contributed by atoms with van der Waals surface area (Å²) in [5, 5.41) is 9.45. The minimum atomic E-state index is -0.987. The number of fused-ring (bicyclic) bond motifs is 3. The first-order valence-electron chi connectivity index (χ1n) is 11.0. The number of ether oxygens (including phenoxy) is 2. The predicted octanol–water partition coefficient (Wildman–Crippen LogP) is 4.85. The Morgan fingerprint density at radius 2 is 1.76 bits per heavy atom. The molecule has 164 valence electrons. The zero-order chi connectivity index (χ0) is 22.4. The highest BCUT2D eigenvalue weighted by Crippen LogP contribution is 2.41. The molecule has 0 saturated heterocycles. The van der Waals surface area contributed by atoms with Crippen molar-refractivity contribution >= 4 is 28.5 Å². The number of rotatable bonds is 3. The molecule has 2 aliphatic rings. The van der Waals surface area contributed by atoms with Crippen molar-refractivity contribution in [2.24, 2.45) is 0 Å².